The van der Waals surface area contributed by atoms with Gasteiger partial charge in [0.2, 0.25) is 10.0 Å². The molecule has 0 unspecified atom stereocenters. The van der Waals surface area contributed by atoms with E-state index in [-0.39, 0.29) is 0 Å². The summed E-state index contributed by atoms with van der Waals surface area (Å²) in [4.78, 5) is 0.291. The minimum absolute atomic E-state index is 0.291. The minimum Gasteiger partial charge on any atom is -0.310 e. The summed E-state index contributed by atoms with van der Waals surface area (Å²) in [5.74, 6) is 0. The van der Waals surface area contributed by atoms with Crippen molar-refractivity contribution in [2.24, 2.45) is 0 Å². The van der Waals surface area contributed by atoms with E-state index in [0.29, 0.717) is 15.4 Å². The fourth-order valence-electron chi connectivity index (χ4n) is 1.91. The number of hydrogen-bond donors (Lipinski definition) is 2. The highest BCUT2D eigenvalue weighted by Crippen LogP contribution is 2.26. The van der Waals surface area contributed by atoms with Crippen molar-refractivity contribution in [3.8, 4) is 0 Å². The quantitative estimate of drug-likeness (QED) is 0.770. The lowest BCUT2D eigenvalue weighted by Gasteiger charge is -2.24. The molecular weight excluding hydrogens is 352 g/mol. The number of halogens is 1. The minimum atomic E-state index is -3.51. The molecule has 1 aliphatic carbocycles. The summed E-state index contributed by atoms with van der Waals surface area (Å²) in [5.41, 5.74) is 0.632. The van der Waals surface area contributed by atoms with Crippen molar-refractivity contribution in [1.82, 2.24) is 10.0 Å². The van der Waals surface area contributed by atoms with Crippen LogP contribution in [0.2, 0.25) is 0 Å². The molecule has 1 saturated carbocycles. The second-order valence-electron chi connectivity index (χ2n) is 6.26. The fraction of sp³-hybridized carbons (Fsp3) is 0.600. The van der Waals surface area contributed by atoms with Crippen LogP contribution in [0.15, 0.2) is 27.6 Å². The molecule has 0 aliphatic heterocycles. The third-order valence-corrected chi connectivity index (χ3v) is 6.43. The highest BCUT2D eigenvalue weighted by atomic mass is 79.9. The molecule has 0 aromatic heterocycles. The van der Waals surface area contributed by atoms with Gasteiger partial charge in [0.1, 0.15) is 0 Å². The van der Waals surface area contributed by atoms with E-state index in [1.165, 1.54) is 12.8 Å². The SMILES string of the molecule is CCC(C)(C)NS(=O)(=O)c1ccc(CNC2CC2)cc1Br. The second-order valence-corrected chi connectivity index (χ2v) is 8.77. The van der Waals surface area contributed by atoms with Gasteiger partial charge in [0.25, 0.3) is 0 Å². The smallest absolute Gasteiger partial charge is 0.242 e. The van der Waals surface area contributed by atoms with Gasteiger partial charge >= 0.3 is 0 Å². The number of hydrogen-bond acceptors (Lipinski definition) is 3. The Hall–Kier alpha value is -0.430. The average molecular weight is 375 g/mol. The van der Waals surface area contributed by atoms with E-state index in [2.05, 4.69) is 26.0 Å². The van der Waals surface area contributed by atoms with Gasteiger partial charge in [-0.1, -0.05) is 13.0 Å². The highest BCUT2D eigenvalue weighted by Gasteiger charge is 2.26. The maximum atomic E-state index is 12.5. The molecule has 1 aromatic carbocycles. The van der Waals surface area contributed by atoms with E-state index < -0.39 is 15.6 Å². The standard InChI is InChI=1S/C15H23BrN2O2S/c1-4-15(2,3)18-21(19,20)14-8-5-11(9-13(14)16)10-17-12-6-7-12/h5,8-9,12,17-18H,4,6-7,10H2,1-3H3. The molecule has 1 fully saturated rings. The zero-order valence-electron chi connectivity index (χ0n) is 12.7. The number of sulfonamides is 1. The predicted octanol–water partition coefficient (Wildman–Crippen LogP) is 3.17. The van der Waals surface area contributed by atoms with Crippen LogP contribution < -0.4 is 10.0 Å². The molecule has 2 N–H and O–H groups in total. The highest BCUT2D eigenvalue weighted by molar-refractivity contribution is 9.10. The van der Waals surface area contributed by atoms with Crippen molar-refractivity contribution in [2.75, 3.05) is 0 Å². The Morgan fingerprint density at radius 2 is 2.00 bits per heavy atom. The van der Waals surface area contributed by atoms with E-state index in [1.54, 1.807) is 6.07 Å². The Kier molecular flexibility index (Phi) is 5.13. The molecule has 21 heavy (non-hydrogen) atoms. The molecule has 1 aromatic rings. The monoisotopic (exact) mass is 374 g/mol. The molecular formula is C15H23BrN2O2S. The summed E-state index contributed by atoms with van der Waals surface area (Å²) < 4.78 is 28.3. The van der Waals surface area contributed by atoms with Crippen LogP contribution in [-0.2, 0) is 16.6 Å². The van der Waals surface area contributed by atoms with Crippen LogP contribution >= 0.6 is 15.9 Å². The summed E-state index contributed by atoms with van der Waals surface area (Å²) in [6.45, 7) is 6.50. The van der Waals surface area contributed by atoms with Gasteiger partial charge in [0, 0.05) is 22.6 Å². The van der Waals surface area contributed by atoms with Gasteiger partial charge in [0.05, 0.1) is 4.90 Å². The predicted molar refractivity (Wildman–Crippen MR) is 88.7 cm³/mol. The molecule has 0 saturated heterocycles. The third-order valence-electron chi connectivity index (χ3n) is 3.75. The van der Waals surface area contributed by atoms with Gasteiger partial charge in [0.15, 0.2) is 0 Å². The third kappa shape index (κ3) is 4.77. The Bertz CT molecular complexity index is 610. The molecule has 0 spiro atoms. The topological polar surface area (TPSA) is 58.2 Å². The Labute approximate surface area is 135 Å². The lowest BCUT2D eigenvalue weighted by molar-refractivity contribution is 0.439. The van der Waals surface area contributed by atoms with Crippen LogP contribution in [-0.4, -0.2) is 20.0 Å². The fourth-order valence-corrected chi connectivity index (χ4v) is 4.52. The number of rotatable bonds is 7. The van der Waals surface area contributed by atoms with Crippen LogP contribution in [0.1, 0.15) is 45.6 Å². The van der Waals surface area contributed by atoms with E-state index >= 15 is 0 Å². The first kappa shape index (κ1) is 16.9. The summed E-state index contributed by atoms with van der Waals surface area (Å²) in [5, 5.41) is 3.42. The molecule has 0 atom stereocenters. The van der Waals surface area contributed by atoms with Gasteiger partial charge in [-0.3, -0.25) is 0 Å². The first-order chi connectivity index (χ1) is 9.73. The zero-order chi connectivity index (χ0) is 15.7. The van der Waals surface area contributed by atoms with Gasteiger partial charge in [-0.2, -0.15) is 0 Å². The molecule has 0 bridgehead atoms. The lowest BCUT2D eigenvalue weighted by Crippen LogP contribution is -2.42. The maximum Gasteiger partial charge on any atom is 0.242 e. The normalized spacial score (nSPS) is 16.2. The first-order valence-electron chi connectivity index (χ1n) is 7.29. The summed E-state index contributed by atoms with van der Waals surface area (Å²) in [6.07, 6.45) is 3.21. The summed E-state index contributed by atoms with van der Waals surface area (Å²) in [6, 6.07) is 6.05. The van der Waals surface area contributed by atoms with E-state index in [9.17, 15) is 8.42 Å². The van der Waals surface area contributed by atoms with E-state index in [0.717, 1.165) is 18.5 Å². The van der Waals surface area contributed by atoms with Crippen LogP contribution in [0.25, 0.3) is 0 Å². The molecule has 1 aliphatic rings. The van der Waals surface area contributed by atoms with Crippen molar-refractivity contribution in [3.63, 3.8) is 0 Å². The lowest BCUT2D eigenvalue weighted by atomic mass is 10.0. The van der Waals surface area contributed by atoms with Crippen LogP contribution in [0, 0.1) is 0 Å². The zero-order valence-corrected chi connectivity index (χ0v) is 15.1. The molecule has 6 heteroatoms. The molecule has 118 valence electrons. The van der Waals surface area contributed by atoms with Gasteiger partial charge < -0.3 is 5.32 Å². The van der Waals surface area contributed by atoms with Crippen molar-refractivity contribution < 1.29 is 8.42 Å². The van der Waals surface area contributed by atoms with Crippen LogP contribution in [0.5, 0.6) is 0 Å². The van der Waals surface area contributed by atoms with Crippen LogP contribution in [0.4, 0.5) is 0 Å². The molecule has 0 heterocycles. The Balaban J connectivity index is 2.15. The van der Waals surface area contributed by atoms with Crippen molar-refractivity contribution in [2.45, 2.75) is 63.1 Å². The van der Waals surface area contributed by atoms with Crippen molar-refractivity contribution in [3.05, 3.63) is 28.2 Å². The second kappa shape index (κ2) is 6.36. The van der Waals surface area contributed by atoms with Gasteiger partial charge in [-0.15, -0.1) is 0 Å². The van der Waals surface area contributed by atoms with Gasteiger partial charge in [-0.25, -0.2) is 13.1 Å². The molecule has 0 amide bonds. The molecule has 2 rings (SSSR count). The maximum absolute atomic E-state index is 12.5. The molecule has 4 nitrogen and oxygen atoms in total. The van der Waals surface area contributed by atoms with Gasteiger partial charge in [-0.05, 0) is 66.7 Å². The molecule has 0 radical (unpaired) electrons. The summed E-state index contributed by atoms with van der Waals surface area (Å²) >= 11 is 3.39. The Morgan fingerprint density at radius 1 is 1.33 bits per heavy atom. The number of benzene rings is 1. The van der Waals surface area contributed by atoms with Crippen molar-refractivity contribution >= 4 is 26.0 Å². The number of nitrogens with one attached hydrogen (secondary N) is 2. The average Bonchev–Trinajstić information content (AvgIpc) is 3.19. The van der Waals surface area contributed by atoms with Crippen LogP contribution in [0.3, 0.4) is 0 Å². The van der Waals surface area contributed by atoms with E-state index in [1.807, 2.05) is 32.9 Å². The largest absolute Gasteiger partial charge is 0.310 e. The first-order valence-corrected chi connectivity index (χ1v) is 9.57. The summed E-state index contributed by atoms with van der Waals surface area (Å²) in [7, 11) is -3.51. The van der Waals surface area contributed by atoms with E-state index in [4.69, 9.17) is 0 Å². The van der Waals surface area contributed by atoms with Crippen molar-refractivity contribution in [1.29, 1.82) is 0 Å². The Morgan fingerprint density at radius 3 is 2.52 bits per heavy atom.